The van der Waals surface area contributed by atoms with E-state index >= 15 is 0 Å². The minimum Gasteiger partial charge on any atom is -0.423 e. The predicted octanol–water partition coefficient (Wildman–Crippen LogP) is 4.90. The summed E-state index contributed by atoms with van der Waals surface area (Å²) < 4.78 is 5.45. The first-order valence-corrected chi connectivity index (χ1v) is 12.0. The molecule has 35 heavy (non-hydrogen) atoms. The third kappa shape index (κ3) is 7.54. The van der Waals surface area contributed by atoms with Crippen LogP contribution in [0.4, 0.5) is 0 Å². The Kier molecular flexibility index (Phi) is 9.60. The van der Waals surface area contributed by atoms with Crippen LogP contribution in [-0.4, -0.2) is 41.8 Å². The maximum Gasteiger partial charge on any atom is 0.343 e. The highest BCUT2D eigenvalue weighted by Gasteiger charge is 2.26. The SMILES string of the molecule is CCCN(CCC)C(=O)[C@@H](Cc1ccc(OC(=O)c2ccccc2)cc1)NC(=O)c1ccccc1. The number of ether oxygens (including phenoxy) is 1. The molecule has 3 rings (SSSR count). The first-order valence-electron chi connectivity index (χ1n) is 12.0. The van der Waals surface area contributed by atoms with Gasteiger partial charge in [-0.3, -0.25) is 9.59 Å². The number of nitrogens with zero attached hydrogens (tertiary/aromatic N) is 1. The highest BCUT2D eigenvalue weighted by Crippen LogP contribution is 2.17. The molecular formula is C29H32N2O4. The Morgan fingerprint density at radius 2 is 1.31 bits per heavy atom. The van der Waals surface area contributed by atoms with Gasteiger partial charge in [-0.25, -0.2) is 4.79 Å². The molecule has 0 spiro atoms. The number of carbonyl (C=O) groups excluding carboxylic acids is 3. The molecule has 0 saturated carbocycles. The van der Waals surface area contributed by atoms with Crippen LogP contribution in [0.2, 0.25) is 0 Å². The summed E-state index contributed by atoms with van der Waals surface area (Å²) in [6.07, 6.45) is 2.01. The molecule has 0 aromatic heterocycles. The number of nitrogens with one attached hydrogen (secondary N) is 1. The minimum atomic E-state index is -0.710. The molecule has 3 aromatic rings. The van der Waals surface area contributed by atoms with Crippen LogP contribution < -0.4 is 10.1 Å². The van der Waals surface area contributed by atoms with Crippen LogP contribution in [0.1, 0.15) is 53.0 Å². The van der Waals surface area contributed by atoms with Crippen LogP contribution in [0, 0.1) is 0 Å². The van der Waals surface area contributed by atoms with Gasteiger partial charge in [0.05, 0.1) is 5.56 Å². The highest BCUT2D eigenvalue weighted by molar-refractivity contribution is 5.97. The molecule has 0 aliphatic heterocycles. The fourth-order valence-electron chi connectivity index (χ4n) is 3.79. The Morgan fingerprint density at radius 3 is 1.86 bits per heavy atom. The molecule has 182 valence electrons. The zero-order chi connectivity index (χ0) is 25.0. The van der Waals surface area contributed by atoms with Crippen molar-refractivity contribution in [3.63, 3.8) is 0 Å². The van der Waals surface area contributed by atoms with Gasteiger partial charge in [0, 0.05) is 25.1 Å². The molecule has 6 heteroatoms. The van der Waals surface area contributed by atoms with Gasteiger partial charge in [0.25, 0.3) is 5.91 Å². The first-order chi connectivity index (χ1) is 17.0. The molecule has 1 N–H and O–H groups in total. The van der Waals surface area contributed by atoms with Crippen molar-refractivity contribution in [1.82, 2.24) is 10.2 Å². The second-order valence-corrected chi connectivity index (χ2v) is 8.32. The number of rotatable bonds is 11. The van der Waals surface area contributed by atoms with Crippen LogP contribution >= 0.6 is 0 Å². The highest BCUT2D eigenvalue weighted by atomic mass is 16.5. The van der Waals surface area contributed by atoms with Gasteiger partial charge in [-0.2, -0.15) is 0 Å². The van der Waals surface area contributed by atoms with Crippen molar-refractivity contribution >= 4 is 17.8 Å². The number of hydrogen-bond donors (Lipinski definition) is 1. The Balaban J connectivity index is 1.74. The lowest BCUT2D eigenvalue weighted by atomic mass is 10.0. The van der Waals surface area contributed by atoms with Crippen LogP contribution in [-0.2, 0) is 11.2 Å². The molecule has 2 amide bonds. The maximum absolute atomic E-state index is 13.4. The van der Waals surface area contributed by atoms with E-state index in [0.717, 1.165) is 18.4 Å². The second-order valence-electron chi connectivity index (χ2n) is 8.32. The second kappa shape index (κ2) is 13.1. The number of hydrogen-bond acceptors (Lipinski definition) is 4. The maximum atomic E-state index is 13.4. The summed E-state index contributed by atoms with van der Waals surface area (Å²) in [4.78, 5) is 40.4. The molecule has 0 bridgehead atoms. The average Bonchev–Trinajstić information content (AvgIpc) is 2.89. The van der Waals surface area contributed by atoms with Crippen molar-refractivity contribution in [2.24, 2.45) is 0 Å². The number of esters is 1. The molecular weight excluding hydrogens is 440 g/mol. The molecule has 0 heterocycles. The smallest absolute Gasteiger partial charge is 0.343 e. The quantitative estimate of drug-likeness (QED) is 0.318. The average molecular weight is 473 g/mol. The van der Waals surface area contributed by atoms with E-state index in [1.54, 1.807) is 60.7 Å². The summed E-state index contributed by atoms with van der Waals surface area (Å²) in [5.74, 6) is -0.406. The van der Waals surface area contributed by atoms with E-state index in [4.69, 9.17) is 4.74 Å². The Labute approximate surface area is 206 Å². The van der Waals surface area contributed by atoms with Gasteiger partial charge in [0.1, 0.15) is 11.8 Å². The summed E-state index contributed by atoms with van der Waals surface area (Å²) >= 11 is 0. The van der Waals surface area contributed by atoms with Crippen molar-refractivity contribution in [1.29, 1.82) is 0 Å². The van der Waals surface area contributed by atoms with Gasteiger partial charge in [-0.15, -0.1) is 0 Å². The monoisotopic (exact) mass is 472 g/mol. The number of benzene rings is 3. The fourth-order valence-corrected chi connectivity index (χ4v) is 3.79. The van der Waals surface area contributed by atoms with E-state index in [9.17, 15) is 14.4 Å². The van der Waals surface area contributed by atoms with E-state index in [1.165, 1.54) is 0 Å². The molecule has 0 unspecified atom stereocenters. The van der Waals surface area contributed by atoms with E-state index in [2.05, 4.69) is 5.32 Å². The van der Waals surface area contributed by atoms with Gasteiger partial charge in [0.2, 0.25) is 5.91 Å². The fraction of sp³-hybridized carbons (Fsp3) is 0.276. The van der Waals surface area contributed by atoms with Crippen molar-refractivity contribution < 1.29 is 19.1 Å². The molecule has 0 aliphatic rings. The topological polar surface area (TPSA) is 75.7 Å². The zero-order valence-corrected chi connectivity index (χ0v) is 20.3. The van der Waals surface area contributed by atoms with E-state index in [1.807, 2.05) is 43.0 Å². The lowest BCUT2D eigenvalue weighted by molar-refractivity contribution is -0.133. The van der Waals surface area contributed by atoms with E-state index in [-0.39, 0.29) is 11.8 Å². The van der Waals surface area contributed by atoms with Gasteiger partial charge >= 0.3 is 5.97 Å². The molecule has 0 aliphatic carbocycles. The van der Waals surface area contributed by atoms with Crippen LogP contribution in [0.3, 0.4) is 0 Å². The summed E-state index contributed by atoms with van der Waals surface area (Å²) in [5, 5.41) is 2.93. The third-order valence-corrected chi connectivity index (χ3v) is 5.52. The zero-order valence-electron chi connectivity index (χ0n) is 20.3. The molecule has 0 radical (unpaired) electrons. The van der Waals surface area contributed by atoms with Crippen LogP contribution in [0.25, 0.3) is 0 Å². The standard InChI is InChI=1S/C29H32N2O4/c1-3-19-31(20-4-2)28(33)26(30-27(32)23-11-7-5-8-12-23)21-22-15-17-25(18-16-22)35-29(34)24-13-9-6-10-14-24/h5-18,26H,3-4,19-21H2,1-2H3,(H,30,32)/t26-/m1/s1. The molecule has 6 nitrogen and oxygen atoms in total. The van der Waals surface area contributed by atoms with Crippen molar-refractivity contribution in [2.45, 2.75) is 39.2 Å². The lowest BCUT2D eigenvalue weighted by Gasteiger charge is -2.27. The Bertz CT molecular complexity index is 1090. The first kappa shape index (κ1) is 25.7. The molecule has 0 fully saturated rings. The van der Waals surface area contributed by atoms with Crippen LogP contribution in [0.15, 0.2) is 84.9 Å². The third-order valence-electron chi connectivity index (χ3n) is 5.52. The predicted molar refractivity (Wildman–Crippen MR) is 136 cm³/mol. The van der Waals surface area contributed by atoms with Crippen molar-refractivity contribution in [3.05, 3.63) is 102 Å². The van der Waals surface area contributed by atoms with E-state index in [0.29, 0.717) is 36.4 Å². The van der Waals surface area contributed by atoms with Gasteiger partial charge in [-0.1, -0.05) is 62.4 Å². The van der Waals surface area contributed by atoms with Gasteiger partial charge < -0.3 is 15.0 Å². The minimum absolute atomic E-state index is 0.0995. The number of amides is 2. The Hall–Kier alpha value is -3.93. The molecule has 1 atom stereocenters. The molecule has 3 aromatic carbocycles. The van der Waals surface area contributed by atoms with Crippen LogP contribution in [0.5, 0.6) is 5.75 Å². The summed E-state index contributed by atoms with van der Waals surface area (Å²) in [5.41, 5.74) is 1.83. The van der Waals surface area contributed by atoms with Gasteiger partial charge in [-0.05, 0) is 54.8 Å². The summed E-state index contributed by atoms with van der Waals surface area (Å²) in [6, 6.07) is 24.0. The van der Waals surface area contributed by atoms with Crippen molar-refractivity contribution in [2.75, 3.05) is 13.1 Å². The van der Waals surface area contributed by atoms with Gasteiger partial charge in [0.15, 0.2) is 0 Å². The lowest BCUT2D eigenvalue weighted by Crippen LogP contribution is -2.50. The largest absolute Gasteiger partial charge is 0.423 e. The molecule has 0 saturated heterocycles. The normalized spacial score (nSPS) is 11.4. The summed E-state index contributed by atoms with van der Waals surface area (Å²) in [7, 11) is 0. The van der Waals surface area contributed by atoms with Crippen molar-refractivity contribution in [3.8, 4) is 5.75 Å². The number of carbonyl (C=O) groups is 3. The summed E-state index contributed by atoms with van der Waals surface area (Å²) in [6.45, 7) is 5.34. The Morgan fingerprint density at radius 1 is 0.771 bits per heavy atom. The van der Waals surface area contributed by atoms with E-state index < -0.39 is 12.0 Å².